The molecule has 0 bridgehead atoms. The minimum absolute atomic E-state index is 0.408. The summed E-state index contributed by atoms with van der Waals surface area (Å²) in [6.07, 6.45) is 5.30. The van der Waals surface area contributed by atoms with Gasteiger partial charge in [0, 0.05) is 47.4 Å². The molecule has 0 aliphatic carbocycles. The highest BCUT2D eigenvalue weighted by Gasteiger charge is 2.25. The molecule has 0 amide bonds. The lowest BCUT2D eigenvalue weighted by molar-refractivity contribution is 0.163. The predicted octanol–water partition coefficient (Wildman–Crippen LogP) is 3.55. The van der Waals surface area contributed by atoms with E-state index in [1.165, 1.54) is 22.7 Å². The van der Waals surface area contributed by atoms with Gasteiger partial charge in [0.25, 0.3) is 0 Å². The monoisotopic (exact) mass is 433 g/mol. The molecule has 0 aromatic carbocycles. The van der Waals surface area contributed by atoms with Crippen LogP contribution in [0.5, 0.6) is 0 Å². The quantitative estimate of drug-likeness (QED) is 0.353. The molecule has 10 heteroatoms. The molecule has 0 saturated carbocycles. The Bertz CT molecular complexity index is 1090. The molecule has 0 saturated heterocycles. The molecule has 1 atom stereocenters. The van der Waals surface area contributed by atoms with E-state index in [-0.39, 0.29) is 0 Å². The van der Waals surface area contributed by atoms with Gasteiger partial charge in [0.15, 0.2) is 0 Å². The Morgan fingerprint density at radius 1 is 1.39 bits per heavy atom. The second kappa shape index (κ2) is 8.18. The zero-order valence-corrected chi connectivity index (χ0v) is 17.9. The normalized spacial score (nSPS) is 12.7. The number of hydrogen-bond acceptors (Lipinski definition) is 8. The Morgan fingerprint density at radius 3 is 2.93 bits per heavy atom. The Kier molecular flexibility index (Phi) is 5.65. The van der Waals surface area contributed by atoms with Crippen LogP contribution in [0.2, 0.25) is 0 Å². The zero-order valence-electron chi connectivity index (χ0n) is 15.4. The second-order valence-electron chi connectivity index (χ2n) is 6.01. The van der Waals surface area contributed by atoms with Crippen molar-refractivity contribution in [3.05, 3.63) is 30.2 Å². The number of aromatic nitrogens is 4. The molecular weight excluding hydrogens is 414 g/mol. The molecule has 4 rings (SSSR count). The van der Waals surface area contributed by atoms with E-state index in [9.17, 15) is 4.55 Å². The fourth-order valence-corrected chi connectivity index (χ4v) is 6.03. The van der Waals surface area contributed by atoms with Crippen molar-refractivity contribution >= 4 is 49.8 Å². The van der Waals surface area contributed by atoms with Crippen molar-refractivity contribution in [1.29, 1.82) is 0 Å². The van der Waals surface area contributed by atoms with Crippen LogP contribution in [-0.4, -0.2) is 43.0 Å². The van der Waals surface area contributed by atoms with E-state index in [1.54, 1.807) is 18.7 Å². The molecule has 0 aliphatic rings. The summed E-state index contributed by atoms with van der Waals surface area (Å²) in [5.74, 6) is 0.408. The highest BCUT2D eigenvalue weighted by Crippen LogP contribution is 2.43. The van der Waals surface area contributed by atoms with E-state index < -0.39 is 11.2 Å². The van der Waals surface area contributed by atoms with Gasteiger partial charge in [0.1, 0.15) is 27.0 Å². The van der Waals surface area contributed by atoms with Crippen molar-refractivity contribution in [3.63, 3.8) is 0 Å². The lowest BCUT2D eigenvalue weighted by Crippen LogP contribution is -2.12. The first-order valence-electron chi connectivity index (χ1n) is 8.65. The maximum atomic E-state index is 12.8. The Labute approximate surface area is 173 Å². The Balaban J connectivity index is 1.88. The summed E-state index contributed by atoms with van der Waals surface area (Å²) in [4.78, 5) is 14.1. The van der Waals surface area contributed by atoms with Crippen LogP contribution in [-0.2, 0) is 23.0 Å². The summed E-state index contributed by atoms with van der Waals surface area (Å²) in [6, 6.07) is 1.98. The fourth-order valence-electron chi connectivity index (χ4n) is 2.92. The van der Waals surface area contributed by atoms with Crippen molar-refractivity contribution < 1.29 is 9.29 Å². The largest absolute Gasteiger partial charge is 0.611 e. The van der Waals surface area contributed by atoms with Gasteiger partial charge < -0.3 is 19.6 Å². The maximum Gasteiger partial charge on any atom is 0.232 e. The van der Waals surface area contributed by atoms with Crippen LogP contribution in [0.1, 0.15) is 6.92 Å². The molecule has 4 aromatic rings. The van der Waals surface area contributed by atoms with Gasteiger partial charge in [-0.2, -0.15) is 0 Å². The summed E-state index contributed by atoms with van der Waals surface area (Å²) >= 11 is 1.66. The van der Waals surface area contributed by atoms with Gasteiger partial charge in [-0.25, -0.2) is 15.0 Å². The average Bonchev–Trinajstić information content (AvgIpc) is 3.42. The van der Waals surface area contributed by atoms with Crippen molar-refractivity contribution in [2.24, 2.45) is 7.05 Å². The number of pyridine rings is 1. The number of fused-ring (bicyclic) bond motifs is 1. The Morgan fingerprint density at radius 2 is 2.25 bits per heavy atom. The molecule has 146 valence electrons. The molecule has 28 heavy (non-hydrogen) atoms. The molecule has 2 N–H and O–H groups in total. The number of hydrogen-bond donors (Lipinski definition) is 1. The smallest absolute Gasteiger partial charge is 0.232 e. The van der Waals surface area contributed by atoms with Gasteiger partial charge in [-0.1, -0.05) is 11.3 Å². The van der Waals surface area contributed by atoms with Crippen molar-refractivity contribution in [2.45, 2.75) is 11.1 Å². The lowest BCUT2D eigenvalue weighted by atomic mass is 10.1. The highest BCUT2D eigenvalue weighted by molar-refractivity contribution is 7.93. The van der Waals surface area contributed by atoms with Gasteiger partial charge in [-0.3, -0.25) is 0 Å². The maximum absolute atomic E-state index is 12.8. The van der Waals surface area contributed by atoms with Crippen LogP contribution in [0.25, 0.3) is 32.2 Å². The second-order valence-corrected chi connectivity index (χ2v) is 9.67. The zero-order chi connectivity index (χ0) is 19.7. The number of imidazole rings is 1. The lowest BCUT2D eigenvalue weighted by Gasteiger charge is -2.09. The fraction of sp³-hybridized carbons (Fsp3) is 0.278. The predicted molar refractivity (Wildman–Crippen MR) is 115 cm³/mol. The number of anilines is 1. The van der Waals surface area contributed by atoms with E-state index in [0.717, 1.165) is 32.2 Å². The number of nitrogen functional groups attached to an aromatic ring is 1. The number of nitrogens with zero attached hydrogens (tertiary/aromatic N) is 4. The number of thiophene rings is 1. The summed E-state index contributed by atoms with van der Waals surface area (Å²) < 4.78 is 20.7. The molecule has 7 nitrogen and oxygen atoms in total. The molecule has 4 heterocycles. The van der Waals surface area contributed by atoms with Crippen molar-refractivity contribution in [1.82, 2.24) is 19.5 Å². The van der Waals surface area contributed by atoms with Gasteiger partial charge in [-0.05, 0) is 13.0 Å². The van der Waals surface area contributed by atoms with Crippen LogP contribution < -0.4 is 5.73 Å². The van der Waals surface area contributed by atoms with E-state index in [1.807, 2.05) is 30.0 Å². The van der Waals surface area contributed by atoms with Gasteiger partial charge >= 0.3 is 0 Å². The van der Waals surface area contributed by atoms with Crippen molar-refractivity contribution in [2.75, 3.05) is 24.7 Å². The standard InChI is InChI=1S/C18H19N5O2S3/c1-3-25-5-7-28(24)18-15(19)14-11(13-9-20-10-23(13)2)8-12(22-17(14)27-18)16-21-4-6-26-16/h4,6,8-10H,3,5,7,19H2,1-2H3. The van der Waals surface area contributed by atoms with Gasteiger partial charge in [-0.15, -0.1) is 11.3 Å². The third-order valence-corrected chi connectivity index (χ3v) is 7.90. The van der Waals surface area contributed by atoms with Crippen LogP contribution in [0, 0.1) is 0 Å². The summed E-state index contributed by atoms with van der Waals surface area (Å²) in [5, 5.41) is 3.56. The summed E-state index contributed by atoms with van der Waals surface area (Å²) in [6.45, 7) is 2.95. The van der Waals surface area contributed by atoms with Gasteiger partial charge in [0.2, 0.25) is 4.21 Å². The van der Waals surface area contributed by atoms with Crippen LogP contribution in [0.3, 0.4) is 0 Å². The minimum Gasteiger partial charge on any atom is -0.611 e. The summed E-state index contributed by atoms with van der Waals surface area (Å²) in [7, 11) is 1.93. The molecule has 0 radical (unpaired) electrons. The molecule has 0 spiro atoms. The SMILES string of the molecule is CCOCC[S+]([O-])c1sc2nc(-c3nccs3)cc(-c3cncn3C)c2c1N. The van der Waals surface area contributed by atoms with Gasteiger partial charge in [0.05, 0.1) is 24.8 Å². The molecule has 0 aliphatic heterocycles. The number of thiazole rings is 1. The van der Waals surface area contributed by atoms with Crippen molar-refractivity contribution in [3.8, 4) is 22.0 Å². The number of nitrogens with two attached hydrogens (primary N) is 1. The van der Waals surface area contributed by atoms with E-state index >= 15 is 0 Å². The molecular formula is C18H19N5O2S3. The highest BCUT2D eigenvalue weighted by atomic mass is 32.2. The number of ether oxygens (including phenoxy) is 1. The summed E-state index contributed by atoms with van der Waals surface area (Å²) in [5.41, 5.74) is 9.58. The van der Waals surface area contributed by atoms with Crippen LogP contribution >= 0.6 is 22.7 Å². The number of rotatable bonds is 7. The van der Waals surface area contributed by atoms with E-state index in [4.69, 9.17) is 15.5 Å². The number of aryl methyl sites for hydroxylation is 1. The molecule has 0 fully saturated rings. The topological polar surface area (TPSA) is 102 Å². The first kappa shape index (κ1) is 19.3. The molecule has 4 aromatic heterocycles. The third kappa shape index (κ3) is 3.53. The first-order chi connectivity index (χ1) is 13.6. The molecule has 1 unspecified atom stereocenters. The third-order valence-electron chi connectivity index (χ3n) is 4.23. The van der Waals surface area contributed by atoms with E-state index in [2.05, 4.69) is 9.97 Å². The average molecular weight is 434 g/mol. The van der Waals surface area contributed by atoms with E-state index in [0.29, 0.717) is 28.9 Å². The Hall–Kier alpha value is -1.98. The first-order valence-corrected chi connectivity index (χ1v) is 11.7. The van der Waals surface area contributed by atoms with Crippen LogP contribution in [0.15, 0.2) is 34.4 Å². The minimum atomic E-state index is -1.24. The van der Waals surface area contributed by atoms with Crippen LogP contribution in [0.4, 0.5) is 5.69 Å².